The minimum absolute atomic E-state index is 0.0299. The van der Waals surface area contributed by atoms with Gasteiger partial charge in [0.05, 0.1) is 5.69 Å². The minimum Gasteiger partial charge on any atom is -0.354 e. The molecule has 0 aliphatic heterocycles. The summed E-state index contributed by atoms with van der Waals surface area (Å²) in [6, 6.07) is 12.5. The van der Waals surface area contributed by atoms with Crippen molar-refractivity contribution in [3.8, 4) is 0 Å². The number of pyridine rings is 1. The first kappa shape index (κ1) is 17.2. The molecule has 0 bridgehead atoms. The topological polar surface area (TPSA) is 46.4 Å². The molecule has 1 N–H and O–H groups in total. The summed E-state index contributed by atoms with van der Waals surface area (Å²) in [6.45, 7) is 8.12. The Labute approximate surface area is 148 Å². The molecule has 0 radical (unpaired) electrons. The number of aromatic nitrogens is 2. The second-order valence-electron chi connectivity index (χ2n) is 6.95. The maximum atomic E-state index is 12.5. The molecule has 0 saturated heterocycles. The Morgan fingerprint density at radius 1 is 1.20 bits per heavy atom. The molecular formula is C21H25N3O. The van der Waals surface area contributed by atoms with E-state index in [-0.39, 0.29) is 17.9 Å². The molecule has 4 nitrogen and oxygen atoms in total. The first-order valence-electron chi connectivity index (χ1n) is 8.74. The molecule has 2 heterocycles. The Morgan fingerprint density at radius 3 is 2.68 bits per heavy atom. The van der Waals surface area contributed by atoms with Crippen molar-refractivity contribution in [1.82, 2.24) is 14.7 Å². The van der Waals surface area contributed by atoms with E-state index in [1.54, 1.807) is 0 Å². The average Bonchev–Trinajstić information content (AvgIpc) is 2.95. The van der Waals surface area contributed by atoms with E-state index in [9.17, 15) is 4.79 Å². The lowest BCUT2D eigenvalue weighted by Crippen LogP contribution is -2.31. The molecule has 1 atom stereocenters. The fourth-order valence-corrected chi connectivity index (χ4v) is 3.28. The number of carbonyl (C=O) groups excluding carboxylic acids is 1. The zero-order chi connectivity index (χ0) is 18.0. The first-order chi connectivity index (χ1) is 12.0. The van der Waals surface area contributed by atoms with Crippen molar-refractivity contribution in [3.63, 3.8) is 0 Å². The predicted octanol–water partition coefficient (Wildman–Crippen LogP) is 4.00. The normalized spacial score (nSPS) is 12.5. The predicted molar refractivity (Wildman–Crippen MR) is 101 cm³/mol. The van der Waals surface area contributed by atoms with Crippen molar-refractivity contribution in [3.05, 3.63) is 71.2 Å². The summed E-state index contributed by atoms with van der Waals surface area (Å²) >= 11 is 0. The summed E-state index contributed by atoms with van der Waals surface area (Å²) in [5, 5.41) is 3.01. The number of benzene rings is 1. The molecule has 0 fully saturated rings. The molecule has 4 heteroatoms. The number of nitrogens with one attached hydrogen (secondary N) is 1. The number of aryl methyl sites for hydroxylation is 2. The zero-order valence-electron chi connectivity index (χ0n) is 15.3. The van der Waals surface area contributed by atoms with Crippen molar-refractivity contribution in [2.45, 2.75) is 46.1 Å². The van der Waals surface area contributed by atoms with Crippen LogP contribution in [-0.2, 0) is 4.79 Å². The van der Waals surface area contributed by atoms with Crippen LogP contribution < -0.4 is 5.32 Å². The van der Waals surface area contributed by atoms with Gasteiger partial charge in [-0.25, -0.2) is 4.98 Å². The quantitative estimate of drug-likeness (QED) is 0.766. The number of fused-ring (bicyclic) bond motifs is 1. The van der Waals surface area contributed by atoms with Gasteiger partial charge in [-0.1, -0.05) is 24.3 Å². The lowest BCUT2D eigenvalue weighted by molar-refractivity contribution is -0.121. The summed E-state index contributed by atoms with van der Waals surface area (Å²) in [5.41, 5.74) is 5.49. The van der Waals surface area contributed by atoms with Gasteiger partial charge in [0.15, 0.2) is 0 Å². The molecule has 1 aromatic carbocycles. The maximum Gasteiger partial charge on any atom is 0.221 e. The van der Waals surface area contributed by atoms with Gasteiger partial charge in [0, 0.05) is 30.8 Å². The van der Waals surface area contributed by atoms with Crippen LogP contribution in [0.2, 0.25) is 0 Å². The molecule has 0 saturated carbocycles. The minimum atomic E-state index is -0.0299. The van der Waals surface area contributed by atoms with Gasteiger partial charge in [0.1, 0.15) is 5.65 Å². The second kappa shape index (κ2) is 7.09. The molecule has 3 rings (SSSR count). The van der Waals surface area contributed by atoms with E-state index < -0.39 is 0 Å². The molecule has 1 unspecified atom stereocenters. The van der Waals surface area contributed by atoms with Gasteiger partial charge < -0.3 is 9.72 Å². The molecule has 1 amide bonds. The van der Waals surface area contributed by atoms with Gasteiger partial charge in [0.25, 0.3) is 0 Å². The Balaban J connectivity index is 2.06. The number of hydrogen-bond donors (Lipinski definition) is 1. The van der Waals surface area contributed by atoms with Gasteiger partial charge in [-0.05, 0) is 56.5 Å². The van der Waals surface area contributed by atoms with Crippen molar-refractivity contribution < 1.29 is 4.79 Å². The maximum absolute atomic E-state index is 12.5. The van der Waals surface area contributed by atoms with Crippen LogP contribution in [0.4, 0.5) is 0 Å². The van der Waals surface area contributed by atoms with Gasteiger partial charge >= 0.3 is 0 Å². The third kappa shape index (κ3) is 3.73. The number of hydrogen-bond acceptors (Lipinski definition) is 2. The number of nitrogens with zero attached hydrogens (tertiary/aromatic N) is 2. The van der Waals surface area contributed by atoms with Gasteiger partial charge in [-0.15, -0.1) is 0 Å². The van der Waals surface area contributed by atoms with Crippen LogP contribution in [0.5, 0.6) is 0 Å². The van der Waals surface area contributed by atoms with Crippen molar-refractivity contribution in [2.24, 2.45) is 0 Å². The van der Waals surface area contributed by atoms with Crippen LogP contribution in [0.15, 0.2) is 48.8 Å². The summed E-state index contributed by atoms with van der Waals surface area (Å²) in [7, 11) is 0. The zero-order valence-corrected chi connectivity index (χ0v) is 15.3. The average molecular weight is 335 g/mol. The van der Waals surface area contributed by atoms with E-state index in [1.165, 1.54) is 16.7 Å². The Bertz CT molecular complexity index is 895. The molecule has 3 aromatic rings. The van der Waals surface area contributed by atoms with Crippen molar-refractivity contribution in [1.29, 1.82) is 0 Å². The SMILES string of the molecule is Cc1ccn2c(C(CC(=O)NC(C)C)c3ccccc3C)cnc2c1. The van der Waals surface area contributed by atoms with Crippen molar-refractivity contribution >= 4 is 11.6 Å². The third-order valence-electron chi connectivity index (χ3n) is 4.46. The molecule has 0 spiro atoms. The van der Waals surface area contributed by atoms with Gasteiger partial charge in [0.2, 0.25) is 5.91 Å². The van der Waals surface area contributed by atoms with Crippen LogP contribution in [0.3, 0.4) is 0 Å². The third-order valence-corrected chi connectivity index (χ3v) is 4.46. The van der Waals surface area contributed by atoms with Gasteiger partial charge in [-0.3, -0.25) is 4.79 Å². The number of imidazole rings is 1. The molecule has 25 heavy (non-hydrogen) atoms. The summed E-state index contributed by atoms with van der Waals surface area (Å²) in [5.74, 6) is 0.0305. The lowest BCUT2D eigenvalue weighted by atomic mass is 9.89. The fraction of sp³-hybridized carbons (Fsp3) is 0.333. The highest BCUT2D eigenvalue weighted by atomic mass is 16.1. The fourth-order valence-electron chi connectivity index (χ4n) is 3.28. The number of rotatable bonds is 5. The van der Waals surface area contributed by atoms with Crippen LogP contribution >= 0.6 is 0 Å². The van der Waals surface area contributed by atoms with Crippen LogP contribution in [0.1, 0.15) is 48.6 Å². The van der Waals surface area contributed by atoms with Gasteiger partial charge in [-0.2, -0.15) is 0 Å². The van der Waals surface area contributed by atoms with E-state index in [0.717, 1.165) is 11.3 Å². The van der Waals surface area contributed by atoms with E-state index >= 15 is 0 Å². The lowest BCUT2D eigenvalue weighted by Gasteiger charge is -2.20. The number of amides is 1. The van der Waals surface area contributed by atoms with E-state index in [0.29, 0.717) is 6.42 Å². The van der Waals surface area contributed by atoms with E-state index in [2.05, 4.69) is 52.8 Å². The molecular weight excluding hydrogens is 310 g/mol. The summed E-state index contributed by atoms with van der Waals surface area (Å²) in [6.07, 6.45) is 4.35. The Kier molecular flexibility index (Phi) is 4.88. The largest absolute Gasteiger partial charge is 0.354 e. The molecule has 130 valence electrons. The van der Waals surface area contributed by atoms with E-state index in [4.69, 9.17) is 0 Å². The summed E-state index contributed by atoms with van der Waals surface area (Å²) in [4.78, 5) is 17.0. The highest BCUT2D eigenvalue weighted by molar-refractivity contribution is 5.78. The molecule has 0 aliphatic rings. The standard InChI is InChI=1S/C21H25N3O/c1-14(2)23-21(25)12-18(17-8-6-5-7-16(17)4)19-13-22-20-11-15(3)9-10-24(19)20/h5-11,13-14,18H,12H2,1-4H3,(H,23,25). The monoisotopic (exact) mass is 335 g/mol. The summed E-state index contributed by atoms with van der Waals surface area (Å²) < 4.78 is 2.09. The van der Waals surface area contributed by atoms with Crippen molar-refractivity contribution in [2.75, 3.05) is 0 Å². The highest BCUT2D eigenvalue weighted by Crippen LogP contribution is 2.31. The number of carbonyl (C=O) groups is 1. The Morgan fingerprint density at radius 2 is 1.96 bits per heavy atom. The second-order valence-corrected chi connectivity index (χ2v) is 6.95. The van der Waals surface area contributed by atoms with Crippen LogP contribution in [0.25, 0.3) is 5.65 Å². The highest BCUT2D eigenvalue weighted by Gasteiger charge is 2.23. The Hall–Kier alpha value is -2.62. The first-order valence-corrected chi connectivity index (χ1v) is 8.74. The molecule has 2 aromatic heterocycles. The van der Waals surface area contributed by atoms with Crippen LogP contribution in [0, 0.1) is 13.8 Å². The smallest absolute Gasteiger partial charge is 0.221 e. The van der Waals surface area contributed by atoms with E-state index in [1.807, 2.05) is 38.4 Å². The molecule has 0 aliphatic carbocycles. The van der Waals surface area contributed by atoms with Crippen LogP contribution in [-0.4, -0.2) is 21.3 Å².